The van der Waals surface area contributed by atoms with E-state index in [-0.39, 0.29) is 85.9 Å². The number of rotatable bonds is 46. The highest BCUT2D eigenvalue weighted by Gasteiger charge is 2.60. The molecule has 4 fully saturated rings. The van der Waals surface area contributed by atoms with Crippen molar-refractivity contribution < 1.29 is 109 Å². The molecule has 4 aliphatic rings. The molecular formula is C114H124O23Si. The molecule has 12 aromatic rings. The first-order chi connectivity index (χ1) is 67.6. The zero-order valence-corrected chi connectivity index (χ0v) is 79.5. The molecular weight excluding hydrogens is 1770 g/mol. The van der Waals surface area contributed by atoms with E-state index in [4.69, 9.17) is 94.4 Å². The molecule has 0 saturated carbocycles. The zero-order valence-electron chi connectivity index (χ0n) is 78.5. The quantitative estimate of drug-likeness (QED) is 0.0275. The summed E-state index contributed by atoms with van der Waals surface area (Å²) >= 11 is 0. The SMILES string of the molecule is CC(=O)O[C@@H]1[C@@H](O[C@@H]2[C@@H](O[C@@H]3[C@@H](OC[C@H]4O[C@H](O)[C@@H](OC(C)=O)[C@@H](OCc5ccccc5)[C@@H]4OCc4ccccc4)O[C@H](COCc4ccccc4)[C@@H](OCc4ccccc4)[C@@H]3OCc3ccccc3)O[C@H](CO[Si](c3ccccc3)(c3ccccc3)C(C)(C)C)[C@@H](OCc3ccccc3)[C@@H]2OCc2ccccc2)O[C@H](COCc2ccccc2)[C@@H](OCc2ccccc2)[C@@H]1OCc1ccccc1. The maximum Gasteiger partial charge on any atom is 0.303 e. The Kier molecular flexibility index (Phi) is 36.8. The van der Waals surface area contributed by atoms with E-state index in [1.165, 1.54) is 13.8 Å². The van der Waals surface area contributed by atoms with Crippen LogP contribution in [-0.2, 0) is 170 Å². The molecule has 1 N–H and O–H groups in total. The Morgan fingerprint density at radius 1 is 0.254 bits per heavy atom. The number of aliphatic hydroxyl groups excluding tert-OH is 1. The molecule has 0 radical (unpaired) electrons. The summed E-state index contributed by atoms with van der Waals surface area (Å²) in [5.74, 6) is -1.39. The van der Waals surface area contributed by atoms with E-state index in [1.807, 2.05) is 340 Å². The van der Waals surface area contributed by atoms with Crippen molar-refractivity contribution in [2.45, 2.75) is 229 Å². The van der Waals surface area contributed by atoms with Gasteiger partial charge in [0.05, 0.1) is 92.5 Å². The smallest absolute Gasteiger partial charge is 0.303 e. The van der Waals surface area contributed by atoms with E-state index in [0.717, 1.165) is 66.0 Å². The van der Waals surface area contributed by atoms with Crippen molar-refractivity contribution in [3.63, 3.8) is 0 Å². The predicted molar refractivity (Wildman–Crippen MR) is 520 cm³/mol. The van der Waals surface area contributed by atoms with Crippen LogP contribution in [0, 0.1) is 0 Å². The van der Waals surface area contributed by atoms with E-state index in [2.05, 4.69) is 45.0 Å². The van der Waals surface area contributed by atoms with Gasteiger partial charge in [0.25, 0.3) is 8.32 Å². The summed E-state index contributed by atoms with van der Waals surface area (Å²) < 4.78 is 148. The van der Waals surface area contributed by atoms with Gasteiger partial charge < -0.3 is 99.5 Å². The number of esters is 2. The fourth-order valence-corrected chi connectivity index (χ4v) is 22.8. The average Bonchev–Trinajstić information content (AvgIpc) is 0.741. The van der Waals surface area contributed by atoms with E-state index in [0.29, 0.717) is 0 Å². The molecule has 4 saturated heterocycles. The minimum absolute atomic E-state index is 0.00877. The number of benzene rings is 12. The lowest BCUT2D eigenvalue weighted by Gasteiger charge is -2.52. The molecule has 722 valence electrons. The molecule has 24 heteroatoms. The molecule has 20 atom stereocenters. The van der Waals surface area contributed by atoms with Gasteiger partial charge in [-0.15, -0.1) is 0 Å². The summed E-state index contributed by atoms with van der Waals surface area (Å²) in [5, 5.41) is 14.0. The molecule has 0 unspecified atom stereocenters. The van der Waals surface area contributed by atoms with Crippen LogP contribution in [0.2, 0.25) is 5.04 Å². The van der Waals surface area contributed by atoms with Gasteiger partial charge in [-0.3, -0.25) is 9.59 Å². The van der Waals surface area contributed by atoms with Gasteiger partial charge in [-0.25, -0.2) is 0 Å². The van der Waals surface area contributed by atoms with Crippen LogP contribution in [0.1, 0.15) is 90.3 Å². The molecule has 0 aliphatic carbocycles. The van der Waals surface area contributed by atoms with Crippen LogP contribution >= 0.6 is 0 Å². The summed E-state index contributed by atoms with van der Waals surface area (Å²) in [6, 6.07) is 118. The first-order valence-corrected chi connectivity index (χ1v) is 49.3. The van der Waals surface area contributed by atoms with Crippen molar-refractivity contribution in [3.8, 4) is 0 Å². The van der Waals surface area contributed by atoms with Gasteiger partial charge in [-0.05, 0) is 71.0 Å². The van der Waals surface area contributed by atoms with Gasteiger partial charge in [0.15, 0.2) is 37.4 Å². The topological polar surface area (TPSA) is 239 Å². The third-order valence-corrected chi connectivity index (χ3v) is 29.9. The molecule has 0 amide bonds. The fraction of sp³-hybridized carbons (Fsp3) is 0.351. The summed E-state index contributed by atoms with van der Waals surface area (Å²) in [7, 11) is -3.57. The molecule has 23 nitrogen and oxygen atoms in total. The highest BCUT2D eigenvalue weighted by Crippen LogP contribution is 2.44. The van der Waals surface area contributed by atoms with Crippen LogP contribution in [0.4, 0.5) is 0 Å². The Labute approximate surface area is 809 Å². The Bertz CT molecular complexity index is 5470. The highest BCUT2D eigenvalue weighted by atomic mass is 28.4. The number of hydrogen-bond donors (Lipinski definition) is 1. The summed E-state index contributed by atoms with van der Waals surface area (Å²) in [4.78, 5) is 28.0. The van der Waals surface area contributed by atoms with Gasteiger partial charge >= 0.3 is 11.9 Å². The predicted octanol–water partition coefficient (Wildman–Crippen LogP) is 17.2. The second-order valence-electron chi connectivity index (χ2n) is 35.9. The van der Waals surface area contributed by atoms with Crippen LogP contribution in [0.25, 0.3) is 0 Å². The van der Waals surface area contributed by atoms with Crippen molar-refractivity contribution in [1.82, 2.24) is 0 Å². The molecule has 138 heavy (non-hydrogen) atoms. The normalized spacial score (nSPS) is 25.1. The number of carbonyl (C=O) groups is 2. The molecule has 4 aliphatic heterocycles. The minimum Gasteiger partial charge on any atom is -0.454 e. The van der Waals surface area contributed by atoms with E-state index in [9.17, 15) is 14.7 Å². The van der Waals surface area contributed by atoms with Crippen LogP contribution in [-0.4, -0.2) is 175 Å². The highest BCUT2D eigenvalue weighted by molar-refractivity contribution is 6.99. The second kappa shape index (κ2) is 50.8. The van der Waals surface area contributed by atoms with Crippen molar-refractivity contribution in [3.05, 3.63) is 420 Å². The maximum absolute atomic E-state index is 14.6. The van der Waals surface area contributed by atoms with Crippen LogP contribution in [0.5, 0.6) is 0 Å². The monoisotopic (exact) mass is 1890 g/mol. The molecule has 0 spiro atoms. The van der Waals surface area contributed by atoms with E-state index < -0.39 is 155 Å². The fourth-order valence-electron chi connectivity index (χ4n) is 18.2. The Hall–Kier alpha value is -11.0. The largest absolute Gasteiger partial charge is 0.454 e. The van der Waals surface area contributed by atoms with Crippen molar-refractivity contribution in [2.75, 3.05) is 26.4 Å². The number of carbonyl (C=O) groups excluding carboxylic acids is 2. The third-order valence-electron chi connectivity index (χ3n) is 24.9. The minimum atomic E-state index is -3.57. The summed E-state index contributed by atoms with van der Waals surface area (Å²) in [6.45, 7) is 8.84. The van der Waals surface area contributed by atoms with Crippen molar-refractivity contribution >= 4 is 30.6 Å². The van der Waals surface area contributed by atoms with Gasteiger partial charge in [0.2, 0.25) is 0 Å². The molecule has 12 aromatic carbocycles. The lowest BCUT2D eigenvalue weighted by atomic mass is 9.95. The first-order valence-electron chi connectivity index (χ1n) is 47.4. The summed E-state index contributed by atoms with van der Waals surface area (Å²) in [5.41, 5.74) is 8.27. The van der Waals surface area contributed by atoms with Crippen molar-refractivity contribution in [2.24, 2.45) is 0 Å². The Morgan fingerprint density at radius 2 is 0.478 bits per heavy atom. The van der Waals surface area contributed by atoms with Crippen LogP contribution in [0.15, 0.2) is 364 Å². The number of hydrogen-bond acceptors (Lipinski definition) is 23. The lowest BCUT2D eigenvalue weighted by molar-refractivity contribution is -0.405. The van der Waals surface area contributed by atoms with Gasteiger partial charge in [0, 0.05) is 13.8 Å². The Morgan fingerprint density at radius 3 is 0.768 bits per heavy atom. The van der Waals surface area contributed by atoms with Crippen LogP contribution < -0.4 is 10.4 Å². The molecule has 0 bridgehead atoms. The molecule has 16 rings (SSSR count). The average molecular weight is 1890 g/mol. The van der Waals surface area contributed by atoms with Gasteiger partial charge in [-0.1, -0.05) is 385 Å². The molecule has 0 aromatic heterocycles. The molecule has 4 heterocycles. The van der Waals surface area contributed by atoms with E-state index >= 15 is 0 Å². The lowest BCUT2D eigenvalue weighted by Crippen LogP contribution is -2.70. The summed E-state index contributed by atoms with van der Waals surface area (Å²) in [6.07, 6.45) is -26.8. The van der Waals surface area contributed by atoms with E-state index in [1.54, 1.807) is 0 Å². The Balaban J connectivity index is 0.897. The van der Waals surface area contributed by atoms with Crippen LogP contribution in [0.3, 0.4) is 0 Å². The standard InChI is InChI=1S/C114H124O23Si/c1-80(115)130-106-102(124-72-88-54-30-12-31-55-88)100(122-70-86-50-26-10-27-51-86)96(132-110(106)117)78-128-111-107(103(125-73-89-56-32-13-33-57-89)98(120-68-84-46-22-8-23-47-84)94(133-111)76-118-66-82-42-18-6-19-43-82)136-113-109(137-112-108(131-81(2)116)104(126-74-90-58-34-14-35-59-90)99(121-69-85-48-24-9-25-49-85)95(134-112)77-119-67-83-44-20-7-21-45-83)105(127-75-91-60-36-15-37-61-91)101(123-71-87-52-28-11-29-53-87)97(135-113)79-129-138(114(3,4)5,92-62-38-16-39-63-92)93-64-40-17-41-65-93/h6-65,94-113,117H,66-79H2,1-5H3/t94-,95-,96-,97-,98-,99-,100-,101-,102+,103+,104+,105+,106+,107+,108+,109+,110+,111+,112-,113-/m1/s1. The first kappa shape index (κ1) is 100. The number of aliphatic hydroxyl groups is 1. The maximum atomic E-state index is 14.6. The van der Waals surface area contributed by atoms with Gasteiger partial charge in [0.1, 0.15) is 85.5 Å². The van der Waals surface area contributed by atoms with Crippen molar-refractivity contribution in [1.29, 1.82) is 0 Å². The third kappa shape index (κ3) is 27.4. The second-order valence-corrected chi connectivity index (χ2v) is 40.2. The van der Waals surface area contributed by atoms with Gasteiger partial charge in [-0.2, -0.15) is 0 Å². The number of ether oxygens (including phenoxy) is 19. The zero-order chi connectivity index (χ0) is 95.1.